The number of hydrogen-bond donors (Lipinski definition) is 1. The summed E-state index contributed by atoms with van der Waals surface area (Å²) in [6, 6.07) is 13.4. The van der Waals surface area contributed by atoms with Gasteiger partial charge < -0.3 is 10.1 Å². The molecule has 1 aliphatic heterocycles. The molecule has 1 aliphatic rings. The third-order valence-corrected chi connectivity index (χ3v) is 5.06. The summed E-state index contributed by atoms with van der Waals surface area (Å²) in [5.41, 5.74) is 2.30. The van der Waals surface area contributed by atoms with E-state index in [4.69, 9.17) is 17.0 Å². The number of carbonyl (C=O) groups is 1. The van der Waals surface area contributed by atoms with Crippen molar-refractivity contribution in [3.8, 4) is 0 Å². The number of para-hydroxylation sites is 1. The summed E-state index contributed by atoms with van der Waals surface area (Å²) >= 11 is 7.16. The van der Waals surface area contributed by atoms with Crippen molar-refractivity contribution in [2.45, 2.75) is 19.9 Å². The van der Waals surface area contributed by atoms with Gasteiger partial charge in [-0.2, -0.15) is 0 Å². The van der Waals surface area contributed by atoms with Crippen molar-refractivity contribution in [2.75, 3.05) is 11.5 Å². The van der Waals surface area contributed by atoms with Crippen molar-refractivity contribution < 1.29 is 9.53 Å². The van der Waals surface area contributed by atoms with Crippen LogP contribution in [-0.2, 0) is 9.53 Å². The standard InChI is InChI=1S/C18H18N2O2S2/c1-3-22-17(21)15-12(2)20(13-8-5-4-6-9-13)18(23)19-16(15)14-10-7-11-24-14/h4-11,16H,3H2,1-2H3,(H,19,23)/t16-/m1/s1. The van der Waals surface area contributed by atoms with Gasteiger partial charge in [0.1, 0.15) is 0 Å². The summed E-state index contributed by atoms with van der Waals surface area (Å²) in [4.78, 5) is 15.5. The van der Waals surface area contributed by atoms with Crippen LogP contribution >= 0.6 is 23.6 Å². The van der Waals surface area contributed by atoms with Gasteiger partial charge in [0, 0.05) is 16.3 Å². The van der Waals surface area contributed by atoms with Gasteiger partial charge in [-0.3, -0.25) is 4.90 Å². The van der Waals surface area contributed by atoms with Crippen LogP contribution in [0.5, 0.6) is 0 Å². The van der Waals surface area contributed by atoms with E-state index < -0.39 is 0 Å². The van der Waals surface area contributed by atoms with Crippen LogP contribution in [0.1, 0.15) is 24.8 Å². The van der Waals surface area contributed by atoms with E-state index in [-0.39, 0.29) is 12.0 Å². The van der Waals surface area contributed by atoms with E-state index in [1.165, 1.54) is 0 Å². The molecule has 0 amide bonds. The lowest BCUT2D eigenvalue weighted by atomic mass is 10.0. The maximum Gasteiger partial charge on any atom is 0.338 e. The SMILES string of the molecule is CCOC(=O)C1=C(C)N(c2ccccc2)C(=S)N[C@@H]1c1cccs1. The summed E-state index contributed by atoms with van der Waals surface area (Å²) in [7, 11) is 0. The molecule has 0 fully saturated rings. The zero-order chi connectivity index (χ0) is 17.1. The Morgan fingerprint density at radius 1 is 1.29 bits per heavy atom. The molecule has 3 rings (SSSR count). The number of nitrogens with zero attached hydrogens (tertiary/aromatic N) is 1. The Labute approximate surface area is 150 Å². The highest BCUT2D eigenvalue weighted by Gasteiger charge is 2.35. The van der Waals surface area contributed by atoms with Crippen LogP contribution in [0.25, 0.3) is 0 Å². The van der Waals surface area contributed by atoms with Crippen LogP contribution in [0.15, 0.2) is 59.1 Å². The Morgan fingerprint density at radius 3 is 2.67 bits per heavy atom. The summed E-state index contributed by atoms with van der Waals surface area (Å²) in [5.74, 6) is -0.315. The maximum atomic E-state index is 12.6. The largest absolute Gasteiger partial charge is 0.463 e. The first kappa shape index (κ1) is 16.7. The molecule has 0 saturated heterocycles. The van der Waals surface area contributed by atoms with Gasteiger partial charge in [-0.25, -0.2) is 4.79 Å². The van der Waals surface area contributed by atoms with E-state index in [9.17, 15) is 4.79 Å². The Bertz CT molecular complexity index is 770. The van der Waals surface area contributed by atoms with E-state index >= 15 is 0 Å². The Balaban J connectivity index is 2.11. The van der Waals surface area contributed by atoms with Gasteiger partial charge in [-0.1, -0.05) is 24.3 Å². The number of thiophene rings is 1. The lowest BCUT2D eigenvalue weighted by molar-refractivity contribution is -0.139. The Hall–Kier alpha value is -2.18. The zero-order valence-electron chi connectivity index (χ0n) is 13.5. The predicted molar refractivity (Wildman–Crippen MR) is 101 cm³/mol. The fourth-order valence-electron chi connectivity index (χ4n) is 2.77. The van der Waals surface area contributed by atoms with Crippen molar-refractivity contribution in [1.82, 2.24) is 5.32 Å². The molecule has 6 heteroatoms. The molecule has 0 unspecified atom stereocenters. The molecule has 1 aromatic carbocycles. The Kier molecular flexibility index (Phi) is 4.97. The van der Waals surface area contributed by atoms with Gasteiger partial charge in [-0.15, -0.1) is 11.3 Å². The second kappa shape index (κ2) is 7.15. The predicted octanol–water partition coefficient (Wildman–Crippen LogP) is 4.02. The van der Waals surface area contributed by atoms with E-state index in [1.54, 1.807) is 11.3 Å². The second-order valence-electron chi connectivity index (χ2n) is 5.29. The molecule has 2 aromatic rings. The highest BCUT2D eigenvalue weighted by molar-refractivity contribution is 7.80. The Morgan fingerprint density at radius 2 is 2.04 bits per heavy atom. The van der Waals surface area contributed by atoms with Crippen LogP contribution in [0.2, 0.25) is 0 Å². The molecular weight excluding hydrogens is 340 g/mol. The number of allylic oxidation sites excluding steroid dienone is 1. The van der Waals surface area contributed by atoms with Gasteiger partial charge >= 0.3 is 5.97 Å². The van der Waals surface area contributed by atoms with Gasteiger partial charge in [0.2, 0.25) is 0 Å². The highest BCUT2D eigenvalue weighted by Crippen LogP contribution is 2.35. The third-order valence-electron chi connectivity index (χ3n) is 3.82. The molecule has 0 saturated carbocycles. The molecule has 4 nitrogen and oxygen atoms in total. The van der Waals surface area contributed by atoms with Gasteiger partial charge in [0.05, 0.1) is 18.2 Å². The van der Waals surface area contributed by atoms with Gasteiger partial charge in [-0.05, 0) is 49.6 Å². The zero-order valence-corrected chi connectivity index (χ0v) is 15.1. The fraction of sp³-hybridized carbons (Fsp3) is 0.222. The van der Waals surface area contributed by atoms with Crippen molar-refractivity contribution in [2.24, 2.45) is 0 Å². The van der Waals surface area contributed by atoms with E-state index in [0.717, 1.165) is 16.3 Å². The topological polar surface area (TPSA) is 41.6 Å². The fourth-order valence-corrected chi connectivity index (χ4v) is 3.92. The summed E-state index contributed by atoms with van der Waals surface area (Å²) < 4.78 is 5.30. The van der Waals surface area contributed by atoms with E-state index in [1.807, 2.05) is 66.6 Å². The lowest BCUT2D eigenvalue weighted by Crippen LogP contribution is -2.47. The number of carbonyl (C=O) groups excluding carboxylic acids is 1. The van der Waals surface area contributed by atoms with Crippen LogP contribution in [0.3, 0.4) is 0 Å². The summed E-state index contributed by atoms with van der Waals surface area (Å²) in [6.45, 7) is 4.05. The summed E-state index contributed by atoms with van der Waals surface area (Å²) in [6.07, 6.45) is 0. The van der Waals surface area contributed by atoms with Crippen LogP contribution in [0, 0.1) is 0 Å². The van der Waals surface area contributed by atoms with Crippen LogP contribution in [-0.4, -0.2) is 17.7 Å². The first-order chi connectivity index (χ1) is 11.6. The minimum Gasteiger partial charge on any atom is -0.463 e. The maximum absolute atomic E-state index is 12.6. The number of hydrogen-bond acceptors (Lipinski definition) is 4. The molecule has 1 atom stereocenters. The average molecular weight is 358 g/mol. The van der Waals surface area contributed by atoms with Crippen molar-refractivity contribution in [3.05, 3.63) is 64.0 Å². The summed E-state index contributed by atoms with van der Waals surface area (Å²) in [5, 5.41) is 5.86. The molecule has 2 heterocycles. The number of esters is 1. The van der Waals surface area contributed by atoms with E-state index in [2.05, 4.69) is 5.32 Å². The average Bonchev–Trinajstić information content (AvgIpc) is 3.10. The van der Waals surface area contributed by atoms with Crippen LogP contribution < -0.4 is 10.2 Å². The smallest absolute Gasteiger partial charge is 0.338 e. The first-order valence-corrected chi connectivity index (χ1v) is 8.99. The van der Waals surface area contributed by atoms with Crippen molar-refractivity contribution >= 4 is 40.3 Å². The number of benzene rings is 1. The van der Waals surface area contributed by atoms with Crippen molar-refractivity contribution in [1.29, 1.82) is 0 Å². The van der Waals surface area contributed by atoms with Crippen LogP contribution in [0.4, 0.5) is 5.69 Å². The molecular formula is C18H18N2O2S2. The van der Waals surface area contributed by atoms with Gasteiger partial charge in [0.25, 0.3) is 0 Å². The molecule has 0 bridgehead atoms. The van der Waals surface area contributed by atoms with Gasteiger partial charge in [0.15, 0.2) is 5.11 Å². The molecule has 0 spiro atoms. The molecule has 1 N–H and O–H groups in total. The highest BCUT2D eigenvalue weighted by atomic mass is 32.1. The number of ether oxygens (including phenoxy) is 1. The molecule has 24 heavy (non-hydrogen) atoms. The number of thiocarbonyl (C=S) groups is 1. The first-order valence-electron chi connectivity index (χ1n) is 7.70. The molecule has 124 valence electrons. The molecule has 0 radical (unpaired) electrons. The number of nitrogens with one attached hydrogen (secondary N) is 1. The molecule has 1 aromatic heterocycles. The normalized spacial score (nSPS) is 17.7. The number of anilines is 1. The molecule has 0 aliphatic carbocycles. The third kappa shape index (κ3) is 3.07. The second-order valence-corrected chi connectivity index (χ2v) is 6.65. The van der Waals surface area contributed by atoms with E-state index in [0.29, 0.717) is 17.3 Å². The van der Waals surface area contributed by atoms with Crippen molar-refractivity contribution in [3.63, 3.8) is 0 Å². The minimum atomic E-state index is -0.315. The lowest BCUT2D eigenvalue weighted by Gasteiger charge is -2.37. The quantitative estimate of drug-likeness (QED) is 0.660. The monoisotopic (exact) mass is 358 g/mol. The number of rotatable bonds is 4. The minimum absolute atomic E-state index is 0.281.